The van der Waals surface area contributed by atoms with Crippen molar-refractivity contribution in [2.75, 3.05) is 0 Å². The molecule has 0 fully saturated rings. The largest absolute Gasteiger partial charge is 0.457 e. The molecular weight excluding hydrogens is 630 g/mol. The monoisotopic (exact) mass is 660 g/mol. The van der Waals surface area contributed by atoms with Crippen LogP contribution >= 0.6 is 0 Å². The van der Waals surface area contributed by atoms with Gasteiger partial charge in [0.15, 0.2) is 14.3 Å². The van der Waals surface area contributed by atoms with Crippen LogP contribution < -0.4 is 47.1 Å². The van der Waals surface area contributed by atoms with Crippen molar-refractivity contribution in [2.45, 2.75) is 41.5 Å². The molecule has 4 aromatic rings. The van der Waals surface area contributed by atoms with Crippen LogP contribution in [0.5, 0.6) is 11.5 Å². The summed E-state index contributed by atoms with van der Waals surface area (Å²) < 4.78 is 12.0. The van der Waals surface area contributed by atoms with Gasteiger partial charge < -0.3 is 4.74 Å². The maximum atomic E-state index is 6.14. The summed E-state index contributed by atoms with van der Waals surface area (Å²) in [5, 5.41) is 0. The topological polar surface area (TPSA) is 9.23 Å². The van der Waals surface area contributed by atoms with E-state index in [1.54, 1.807) is 0 Å². The van der Waals surface area contributed by atoms with Crippen molar-refractivity contribution in [1.82, 2.24) is 0 Å². The first kappa shape index (κ1) is 24.3. The molecule has 4 rings (SSSR count). The van der Waals surface area contributed by atoms with Gasteiger partial charge in [0.05, 0.1) is 0 Å². The Morgan fingerprint density at radius 3 is 1.06 bits per heavy atom. The van der Waals surface area contributed by atoms with E-state index in [1.165, 1.54) is 47.7 Å². The number of halogens is 2. The number of hydrogen-bond acceptors (Lipinski definition) is 1. The molecule has 0 spiro atoms. The lowest BCUT2D eigenvalue weighted by molar-refractivity contribution is -0.599. The minimum absolute atomic E-state index is 0.190. The molecule has 0 atom stereocenters. The first-order chi connectivity index (χ1) is 15.8. The summed E-state index contributed by atoms with van der Waals surface area (Å²) in [4.78, 5) is 0. The molecule has 0 aliphatic carbocycles. The van der Waals surface area contributed by atoms with E-state index in [0.29, 0.717) is 0 Å². The summed E-state index contributed by atoms with van der Waals surface area (Å²) in [5.74, 6) is 1.79. The average Bonchev–Trinajstić information content (AvgIpc) is 2.75. The molecule has 1 nitrogen and oxygen atoms in total. The first-order valence-electron chi connectivity index (χ1n) is 11.1. The fourth-order valence-electron chi connectivity index (χ4n) is 4.11. The zero-order valence-electron chi connectivity index (χ0n) is 20.1. The van der Waals surface area contributed by atoms with Crippen LogP contribution in [0.2, 0.25) is 0 Å². The van der Waals surface area contributed by atoms with Crippen LogP contribution in [-0.4, -0.2) is 0 Å². The van der Waals surface area contributed by atoms with Crippen molar-refractivity contribution in [3.8, 4) is 11.5 Å². The summed E-state index contributed by atoms with van der Waals surface area (Å²) in [6.45, 7) is 13.3. The van der Waals surface area contributed by atoms with Gasteiger partial charge in [-0.15, -0.1) is 0 Å². The maximum Gasteiger partial charge on any atom is 0.358 e. The third-order valence-electron chi connectivity index (χ3n) is 5.43. The third kappa shape index (κ3) is 6.18. The molecule has 3 heteroatoms. The molecule has 0 aliphatic rings. The van der Waals surface area contributed by atoms with Gasteiger partial charge in [-0.25, -0.2) is 0 Å². The molecule has 0 N–H and O–H groups in total. The van der Waals surface area contributed by atoms with Crippen molar-refractivity contribution in [2.24, 2.45) is 0 Å². The highest BCUT2D eigenvalue weighted by molar-refractivity contribution is 5.31. The summed E-state index contributed by atoms with van der Waals surface area (Å²) in [5.41, 5.74) is 8.36. The number of benzene rings is 4. The lowest BCUT2D eigenvalue weighted by atomic mass is 10.1. The van der Waals surface area contributed by atoms with Crippen LogP contribution in [0.15, 0.2) is 72.8 Å². The summed E-state index contributed by atoms with van der Waals surface area (Å²) in [6, 6.07) is 26.5. The quantitative estimate of drug-likeness (QED) is 0.286. The highest BCUT2D eigenvalue weighted by Gasteiger charge is 2.22. The summed E-state index contributed by atoms with van der Waals surface area (Å²) >= 11 is -0.380. The van der Waals surface area contributed by atoms with E-state index in [9.17, 15) is 0 Å². The average molecular weight is 660 g/mol. The highest BCUT2D eigenvalue weighted by Crippen LogP contribution is 2.20. The Balaban J connectivity index is 1.42. The van der Waals surface area contributed by atoms with Gasteiger partial charge in [-0.1, -0.05) is 35.4 Å². The van der Waals surface area contributed by atoms with E-state index in [-0.39, 0.29) is 42.4 Å². The van der Waals surface area contributed by atoms with E-state index >= 15 is 0 Å². The molecule has 0 bridgehead atoms. The van der Waals surface area contributed by atoms with Gasteiger partial charge in [0.1, 0.15) is 11.5 Å². The van der Waals surface area contributed by atoms with E-state index in [2.05, 4.69) is 114 Å². The van der Waals surface area contributed by atoms with Gasteiger partial charge in [0.25, 0.3) is 0 Å². The van der Waals surface area contributed by atoms with Crippen LogP contribution in [0, 0.1) is 55.8 Å². The van der Waals surface area contributed by atoms with Crippen molar-refractivity contribution in [3.05, 3.63) is 120 Å². The van der Waals surface area contributed by atoms with Crippen molar-refractivity contribution in [3.63, 3.8) is 0 Å². The smallest absolute Gasteiger partial charge is 0.358 e. The van der Waals surface area contributed by atoms with Gasteiger partial charge in [0.2, 0.25) is 0 Å². The normalized spacial score (nSPS) is 11.0. The van der Waals surface area contributed by atoms with Gasteiger partial charge in [-0.2, -0.15) is 0 Å². The molecule has 168 valence electrons. The van der Waals surface area contributed by atoms with Gasteiger partial charge in [-0.05, 0) is 90.1 Å². The standard InChI is InChI=1S/C30H30I2O/c1-19-15-21(3)29(22(4)16-19)31-25-7-11-27(12-8-25)33-28-13-9-26(10-14-28)32-30-23(5)17-20(2)18-24(30)6/h7-18H,1-6H3/q+2. The summed E-state index contributed by atoms with van der Waals surface area (Å²) in [6.07, 6.45) is 0. The highest BCUT2D eigenvalue weighted by atomic mass is 127. The zero-order chi connectivity index (χ0) is 23.5. The molecule has 0 saturated carbocycles. The lowest BCUT2D eigenvalue weighted by Gasteiger charge is -2.05. The van der Waals surface area contributed by atoms with Crippen LogP contribution in [0.1, 0.15) is 33.4 Å². The van der Waals surface area contributed by atoms with E-state index in [1.807, 2.05) is 0 Å². The van der Waals surface area contributed by atoms with Crippen LogP contribution in [0.3, 0.4) is 0 Å². The fraction of sp³-hybridized carbons (Fsp3) is 0.200. The van der Waals surface area contributed by atoms with Crippen molar-refractivity contribution < 1.29 is 47.1 Å². The van der Waals surface area contributed by atoms with Gasteiger partial charge >= 0.3 is 42.4 Å². The Hall–Kier alpha value is -1.86. The molecule has 33 heavy (non-hydrogen) atoms. The predicted molar refractivity (Wildman–Crippen MR) is 129 cm³/mol. The molecular formula is C30H30I2O+2. The van der Waals surface area contributed by atoms with E-state index in [4.69, 9.17) is 4.74 Å². The molecule has 0 radical (unpaired) electrons. The Morgan fingerprint density at radius 2 is 0.758 bits per heavy atom. The molecule has 4 aromatic carbocycles. The number of rotatable bonds is 6. The fourth-order valence-corrected chi connectivity index (χ4v) is 9.12. The Morgan fingerprint density at radius 1 is 0.455 bits per heavy atom. The minimum Gasteiger partial charge on any atom is -0.457 e. The molecule has 0 heterocycles. The zero-order valence-corrected chi connectivity index (χ0v) is 24.4. The second-order valence-electron chi connectivity index (χ2n) is 8.62. The predicted octanol–water partition coefficient (Wildman–Crippen LogP) is 1.59. The second-order valence-corrected chi connectivity index (χ2v) is 14.4. The molecule has 0 saturated heterocycles. The van der Waals surface area contributed by atoms with Crippen LogP contribution in [0.4, 0.5) is 0 Å². The number of aryl methyl sites for hydroxylation is 6. The molecule has 0 aromatic heterocycles. The number of hydrogen-bond donors (Lipinski definition) is 0. The van der Waals surface area contributed by atoms with Crippen molar-refractivity contribution in [1.29, 1.82) is 0 Å². The Bertz CT molecular complexity index is 1120. The van der Waals surface area contributed by atoms with Crippen LogP contribution in [-0.2, 0) is 0 Å². The van der Waals surface area contributed by atoms with Crippen LogP contribution in [0.25, 0.3) is 0 Å². The lowest BCUT2D eigenvalue weighted by Crippen LogP contribution is -3.62. The Kier molecular flexibility index (Phi) is 7.80. The maximum absolute atomic E-state index is 6.14. The molecule has 0 amide bonds. The minimum atomic E-state index is -0.190. The SMILES string of the molecule is Cc1cc(C)c([I+]c2ccc(Oc3ccc([I+]c4c(C)cc(C)cc4C)cc3)cc2)c(C)c1. The van der Waals surface area contributed by atoms with E-state index < -0.39 is 0 Å². The summed E-state index contributed by atoms with van der Waals surface area (Å²) in [7, 11) is 0. The first-order valence-corrected chi connectivity index (χ1v) is 15.4. The number of ether oxygens (including phenoxy) is 1. The van der Waals surface area contributed by atoms with Gasteiger partial charge in [-0.3, -0.25) is 0 Å². The second kappa shape index (κ2) is 10.6. The van der Waals surface area contributed by atoms with Gasteiger partial charge in [0, 0.05) is 22.3 Å². The van der Waals surface area contributed by atoms with Crippen molar-refractivity contribution >= 4 is 0 Å². The van der Waals surface area contributed by atoms with E-state index in [0.717, 1.165) is 11.5 Å². The third-order valence-corrected chi connectivity index (χ3v) is 12.6. The molecule has 0 aliphatic heterocycles. The molecule has 0 unspecified atom stereocenters. The Labute approximate surface area is 219 Å².